The maximum Gasteiger partial charge on any atom is 0.193 e. The van der Waals surface area contributed by atoms with E-state index in [-0.39, 0.29) is 6.67 Å². The minimum atomic E-state index is -0.286. The van der Waals surface area contributed by atoms with Gasteiger partial charge in [0.25, 0.3) is 0 Å². The van der Waals surface area contributed by atoms with Crippen LogP contribution in [0.25, 0.3) is 0 Å². The minimum absolute atomic E-state index is 0.286. The van der Waals surface area contributed by atoms with E-state index in [1.54, 1.807) is 12.1 Å². The van der Waals surface area contributed by atoms with Crippen molar-refractivity contribution in [3.05, 3.63) is 23.1 Å². The molecule has 0 aromatic carbocycles. The van der Waals surface area contributed by atoms with Gasteiger partial charge in [0, 0.05) is 0 Å². The summed E-state index contributed by atoms with van der Waals surface area (Å²) in [5.41, 5.74) is 0. The van der Waals surface area contributed by atoms with Crippen molar-refractivity contribution in [3.8, 4) is 0 Å². The normalized spacial score (nSPS) is 10.5. The zero-order valence-corrected chi connectivity index (χ0v) is 7.40. The second kappa shape index (κ2) is 5.17. The first-order chi connectivity index (χ1) is 5.83. The van der Waals surface area contributed by atoms with E-state index in [4.69, 9.17) is 16.0 Å². The Morgan fingerprint density at radius 3 is 2.92 bits per heavy atom. The molecule has 1 aromatic rings. The lowest BCUT2D eigenvalue weighted by molar-refractivity contribution is 0.442. The number of rotatable bonds is 5. The number of alkyl halides is 1. The van der Waals surface area contributed by atoms with Crippen molar-refractivity contribution < 1.29 is 8.81 Å². The van der Waals surface area contributed by atoms with Gasteiger partial charge in [0.05, 0.1) is 13.2 Å². The number of nitrogens with one attached hydrogen (secondary N) is 1. The molecule has 0 radical (unpaired) electrons. The highest BCUT2D eigenvalue weighted by Crippen LogP contribution is 2.12. The summed E-state index contributed by atoms with van der Waals surface area (Å²) in [6.45, 7) is 0.980. The third-order valence-corrected chi connectivity index (χ3v) is 1.62. The summed E-state index contributed by atoms with van der Waals surface area (Å²) in [5.74, 6) is 0.777. The summed E-state index contributed by atoms with van der Waals surface area (Å²) in [6.07, 6.45) is 0.536. The molecule has 12 heavy (non-hydrogen) atoms. The van der Waals surface area contributed by atoms with Crippen molar-refractivity contribution >= 4 is 11.6 Å². The Kier molecular flexibility index (Phi) is 4.11. The van der Waals surface area contributed by atoms with Crippen molar-refractivity contribution in [2.45, 2.75) is 13.0 Å². The fourth-order valence-corrected chi connectivity index (χ4v) is 1.01. The predicted molar refractivity (Wildman–Crippen MR) is 46.0 cm³/mol. The Hall–Kier alpha value is -0.540. The molecule has 4 heteroatoms. The van der Waals surface area contributed by atoms with Gasteiger partial charge in [-0.15, -0.1) is 0 Å². The highest BCUT2D eigenvalue weighted by atomic mass is 35.5. The maximum absolute atomic E-state index is 11.6. The molecule has 0 saturated heterocycles. The van der Waals surface area contributed by atoms with Crippen LogP contribution in [0.2, 0.25) is 5.22 Å². The van der Waals surface area contributed by atoms with Crippen molar-refractivity contribution in [1.29, 1.82) is 0 Å². The fourth-order valence-electron chi connectivity index (χ4n) is 0.850. The van der Waals surface area contributed by atoms with Gasteiger partial charge in [0.1, 0.15) is 5.76 Å². The van der Waals surface area contributed by atoms with E-state index in [0.29, 0.717) is 24.7 Å². The molecule has 0 spiro atoms. The molecule has 68 valence electrons. The van der Waals surface area contributed by atoms with Gasteiger partial charge < -0.3 is 9.73 Å². The molecule has 0 unspecified atom stereocenters. The summed E-state index contributed by atoms with van der Waals surface area (Å²) < 4.78 is 16.7. The number of furan rings is 1. The van der Waals surface area contributed by atoms with Crippen molar-refractivity contribution in [3.63, 3.8) is 0 Å². The van der Waals surface area contributed by atoms with Crippen molar-refractivity contribution in [1.82, 2.24) is 5.32 Å². The smallest absolute Gasteiger partial charge is 0.193 e. The first-order valence-electron chi connectivity index (χ1n) is 3.84. The van der Waals surface area contributed by atoms with Crippen LogP contribution in [0.5, 0.6) is 0 Å². The topological polar surface area (TPSA) is 25.2 Å². The second-order valence-electron chi connectivity index (χ2n) is 2.43. The highest BCUT2D eigenvalue weighted by Gasteiger charge is 1.97. The lowest BCUT2D eigenvalue weighted by Gasteiger charge is -1.98. The lowest BCUT2D eigenvalue weighted by atomic mass is 10.4. The number of hydrogen-bond acceptors (Lipinski definition) is 2. The average Bonchev–Trinajstić information content (AvgIpc) is 2.45. The Labute approximate surface area is 75.7 Å². The zero-order valence-electron chi connectivity index (χ0n) is 6.65. The zero-order chi connectivity index (χ0) is 8.81. The molecule has 0 atom stereocenters. The van der Waals surface area contributed by atoms with Crippen molar-refractivity contribution in [2.75, 3.05) is 13.2 Å². The molecule has 0 amide bonds. The molecule has 0 bridgehead atoms. The maximum atomic E-state index is 11.6. The number of hydrogen-bond donors (Lipinski definition) is 1. The van der Waals surface area contributed by atoms with Crippen LogP contribution in [0.4, 0.5) is 4.39 Å². The van der Waals surface area contributed by atoms with Crippen LogP contribution in [-0.4, -0.2) is 13.2 Å². The van der Waals surface area contributed by atoms with Crippen LogP contribution < -0.4 is 5.32 Å². The quantitative estimate of drug-likeness (QED) is 0.723. The monoisotopic (exact) mass is 191 g/mol. The third-order valence-electron chi connectivity index (χ3n) is 1.42. The SMILES string of the molecule is FCCCNCc1ccc(Cl)o1. The Bertz CT molecular complexity index is 227. The number of halogens is 2. The van der Waals surface area contributed by atoms with Gasteiger partial charge in [-0.3, -0.25) is 4.39 Å². The van der Waals surface area contributed by atoms with E-state index in [0.717, 1.165) is 5.76 Å². The van der Waals surface area contributed by atoms with Gasteiger partial charge in [0.2, 0.25) is 0 Å². The molecule has 0 aliphatic carbocycles. The molecule has 1 rings (SSSR count). The van der Waals surface area contributed by atoms with E-state index in [9.17, 15) is 4.39 Å². The standard InChI is InChI=1S/C8H11ClFNO/c9-8-3-2-7(12-8)6-11-5-1-4-10/h2-3,11H,1,4-6H2. The first kappa shape index (κ1) is 9.55. The van der Waals surface area contributed by atoms with Crippen LogP contribution in [0, 0.1) is 0 Å². The lowest BCUT2D eigenvalue weighted by Crippen LogP contribution is -2.14. The van der Waals surface area contributed by atoms with Crippen LogP contribution in [0.1, 0.15) is 12.2 Å². The fraction of sp³-hybridized carbons (Fsp3) is 0.500. The van der Waals surface area contributed by atoms with Gasteiger partial charge in [-0.25, -0.2) is 0 Å². The predicted octanol–water partition coefficient (Wildman–Crippen LogP) is 2.38. The average molecular weight is 192 g/mol. The highest BCUT2D eigenvalue weighted by molar-refractivity contribution is 6.28. The summed E-state index contributed by atoms with van der Waals surface area (Å²) in [6, 6.07) is 3.48. The molecule has 0 saturated carbocycles. The summed E-state index contributed by atoms with van der Waals surface area (Å²) in [4.78, 5) is 0. The Morgan fingerprint density at radius 2 is 2.33 bits per heavy atom. The molecule has 0 fully saturated rings. The van der Waals surface area contributed by atoms with E-state index in [1.807, 2.05) is 0 Å². The van der Waals surface area contributed by atoms with E-state index in [2.05, 4.69) is 5.32 Å². The molecule has 1 heterocycles. The summed E-state index contributed by atoms with van der Waals surface area (Å²) in [7, 11) is 0. The van der Waals surface area contributed by atoms with Crippen LogP contribution in [0.3, 0.4) is 0 Å². The van der Waals surface area contributed by atoms with E-state index in [1.165, 1.54) is 0 Å². The molecule has 0 aliphatic heterocycles. The van der Waals surface area contributed by atoms with Crippen LogP contribution >= 0.6 is 11.6 Å². The molecular formula is C8H11ClFNO. The molecule has 1 aromatic heterocycles. The molecule has 0 aliphatic rings. The van der Waals surface area contributed by atoms with Gasteiger partial charge in [-0.1, -0.05) is 0 Å². The minimum Gasteiger partial charge on any atom is -0.448 e. The van der Waals surface area contributed by atoms with E-state index >= 15 is 0 Å². The van der Waals surface area contributed by atoms with Crippen LogP contribution in [-0.2, 0) is 6.54 Å². The Balaban J connectivity index is 2.15. The molecule has 2 nitrogen and oxygen atoms in total. The summed E-state index contributed by atoms with van der Waals surface area (Å²) >= 11 is 5.55. The second-order valence-corrected chi connectivity index (χ2v) is 2.80. The summed E-state index contributed by atoms with van der Waals surface area (Å²) in [5, 5.41) is 3.41. The van der Waals surface area contributed by atoms with E-state index < -0.39 is 0 Å². The van der Waals surface area contributed by atoms with Gasteiger partial charge in [-0.2, -0.15) is 0 Å². The van der Waals surface area contributed by atoms with Crippen molar-refractivity contribution in [2.24, 2.45) is 0 Å². The third kappa shape index (κ3) is 3.24. The molecular weight excluding hydrogens is 181 g/mol. The Morgan fingerprint density at radius 1 is 1.50 bits per heavy atom. The van der Waals surface area contributed by atoms with Gasteiger partial charge in [0.15, 0.2) is 5.22 Å². The van der Waals surface area contributed by atoms with Gasteiger partial charge in [-0.05, 0) is 36.7 Å². The van der Waals surface area contributed by atoms with Gasteiger partial charge >= 0.3 is 0 Å². The van der Waals surface area contributed by atoms with Crippen LogP contribution in [0.15, 0.2) is 16.5 Å². The largest absolute Gasteiger partial charge is 0.448 e. The first-order valence-corrected chi connectivity index (χ1v) is 4.21. The molecule has 1 N–H and O–H groups in total.